The van der Waals surface area contributed by atoms with Crippen molar-refractivity contribution in [1.82, 2.24) is 0 Å². The lowest BCUT2D eigenvalue weighted by Crippen LogP contribution is -2.19. The molecule has 2 N–H and O–H groups in total. The second kappa shape index (κ2) is 10.5. The molecule has 0 aliphatic rings. The Balaban J connectivity index is 1.53. The van der Waals surface area contributed by atoms with Gasteiger partial charge in [-0.15, -0.1) is 11.8 Å². The fraction of sp³-hybridized carbons (Fsp3) is 0.0400. The highest BCUT2D eigenvalue weighted by atomic mass is 32.2. The second-order valence-electron chi connectivity index (χ2n) is 7.16. The van der Waals surface area contributed by atoms with E-state index in [9.17, 15) is 19.7 Å². The van der Waals surface area contributed by atoms with Crippen molar-refractivity contribution in [2.45, 2.75) is 10.1 Å². The van der Waals surface area contributed by atoms with E-state index in [0.717, 1.165) is 10.5 Å². The van der Waals surface area contributed by atoms with Crippen LogP contribution in [-0.4, -0.2) is 16.7 Å². The number of nitro groups is 1. The quantitative estimate of drug-likeness (QED) is 0.187. The summed E-state index contributed by atoms with van der Waals surface area (Å²) in [7, 11) is 0. The third kappa shape index (κ3) is 5.70. The predicted octanol–water partition coefficient (Wildman–Crippen LogP) is 5.91. The van der Waals surface area contributed by atoms with E-state index in [1.807, 2.05) is 36.4 Å². The molecule has 1 atom stereocenters. The van der Waals surface area contributed by atoms with E-state index in [4.69, 9.17) is 4.42 Å². The number of non-ortho nitro benzene ring substituents is 1. The van der Waals surface area contributed by atoms with Crippen LogP contribution in [0.3, 0.4) is 0 Å². The van der Waals surface area contributed by atoms with E-state index in [1.165, 1.54) is 42.3 Å². The van der Waals surface area contributed by atoms with Gasteiger partial charge in [0, 0.05) is 28.4 Å². The van der Waals surface area contributed by atoms with Crippen LogP contribution < -0.4 is 10.6 Å². The van der Waals surface area contributed by atoms with Crippen molar-refractivity contribution in [3.8, 4) is 0 Å². The molecule has 2 amide bonds. The first-order valence-electron chi connectivity index (χ1n) is 10.2. The van der Waals surface area contributed by atoms with Gasteiger partial charge in [-0.3, -0.25) is 19.7 Å². The van der Waals surface area contributed by atoms with Crippen LogP contribution in [0.15, 0.2) is 107 Å². The lowest BCUT2D eigenvalue weighted by molar-refractivity contribution is -0.384. The number of benzene rings is 3. The zero-order valence-corrected chi connectivity index (χ0v) is 18.5. The summed E-state index contributed by atoms with van der Waals surface area (Å²) in [5.74, 6) is -0.458. The molecule has 0 aliphatic carbocycles. The largest absolute Gasteiger partial charge is 0.459 e. The van der Waals surface area contributed by atoms with Gasteiger partial charge in [-0.05, 0) is 48.0 Å². The predicted molar refractivity (Wildman–Crippen MR) is 130 cm³/mol. The van der Waals surface area contributed by atoms with Gasteiger partial charge < -0.3 is 15.1 Å². The zero-order valence-electron chi connectivity index (χ0n) is 17.7. The average Bonchev–Trinajstić information content (AvgIpc) is 3.39. The Hall–Kier alpha value is -4.37. The van der Waals surface area contributed by atoms with Gasteiger partial charge in [-0.2, -0.15) is 0 Å². The smallest absolute Gasteiger partial charge is 0.291 e. The summed E-state index contributed by atoms with van der Waals surface area (Å²) < 4.78 is 5.12. The Morgan fingerprint density at radius 3 is 2.29 bits per heavy atom. The maximum atomic E-state index is 13.2. The number of carbonyl (C=O) groups excluding carboxylic acids is 2. The first-order chi connectivity index (χ1) is 16.5. The maximum Gasteiger partial charge on any atom is 0.291 e. The SMILES string of the molecule is O=C(Nc1cccc(SC(C(=O)Nc2ccc([N+](=O)[O-])cc2)c2ccccc2)c1)c1ccco1. The van der Waals surface area contributed by atoms with Crippen molar-refractivity contribution in [3.63, 3.8) is 0 Å². The fourth-order valence-electron chi connectivity index (χ4n) is 3.16. The minimum atomic E-state index is -0.604. The molecule has 3 aromatic carbocycles. The summed E-state index contributed by atoms with van der Waals surface area (Å²) in [6.45, 7) is 0. The molecule has 170 valence electrons. The molecule has 1 aromatic heterocycles. The minimum Gasteiger partial charge on any atom is -0.459 e. The van der Waals surface area contributed by atoms with Crippen molar-refractivity contribution in [2.75, 3.05) is 10.6 Å². The van der Waals surface area contributed by atoms with Crippen LogP contribution in [0.2, 0.25) is 0 Å². The molecular formula is C25H19N3O5S. The Kier molecular flexibility index (Phi) is 7.04. The number of anilines is 2. The van der Waals surface area contributed by atoms with Crippen LogP contribution in [0, 0.1) is 10.1 Å². The minimum absolute atomic E-state index is 0.0552. The Bertz CT molecular complexity index is 1290. The second-order valence-corrected chi connectivity index (χ2v) is 8.34. The molecule has 34 heavy (non-hydrogen) atoms. The van der Waals surface area contributed by atoms with Crippen LogP contribution in [0.4, 0.5) is 17.1 Å². The Labute approximate surface area is 199 Å². The number of carbonyl (C=O) groups is 2. The third-order valence-corrected chi connectivity index (χ3v) is 6.02. The average molecular weight is 474 g/mol. The molecule has 0 fully saturated rings. The standard InChI is InChI=1S/C25H19N3O5S/c29-24(22-10-5-15-33-22)27-19-8-4-9-21(16-19)34-23(17-6-2-1-3-7-17)25(30)26-18-11-13-20(14-12-18)28(31)32/h1-16,23H,(H,26,30)(H,27,29). The number of hydrogen-bond acceptors (Lipinski definition) is 6. The topological polar surface area (TPSA) is 114 Å². The molecule has 0 saturated heterocycles. The molecule has 9 heteroatoms. The molecular weight excluding hydrogens is 454 g/mol. The number of nitro benzene ring substituents is 1. The van der Waals surface area contributed by atoms with Crippen LogP contribution in [-0.2, 0) is 4.79 Å². The summed E-state index contributed by atoms with van der Waals surface area (Å²) in [5, 5.41) is 15.9. The lowest BCUT2D eigenvalue weighted by Gasteiger charge is -2.17. The highest BCUT2D eigenvalue weighted by molar-refractivity contribution is 8.00. The van der Waals surface area contributed by atoms with Crippen molar-refractivity contribution in [2.24, 2.45) is 0 Å². The van der Waals surface area contributed by atoms with Crippen molar-refractivity contribution >= 4 is 40.6 Å². The Morgan fingerprint density at radius 2 is 1.62 bits per heavy atom. The van der Waals surface area contributed by atoms with Gasteiger partial charge in [-0.25, -0.2) is 0 Å². The summed E-state index contributed by atoms with van der Waals surface area (Å²) in [5.41, 5.74) is 1.75. The van der Waals surface area contributed by atoms with E-state index >= 15 is 0 Å². The van der Waals surface area contributed by atoms with E-state index in [0.29, 0.717) is 11.4 Å². The molecule has 1 unspecified atom stereocenters. The number of nitrogens with one attached hydrogen (secondary N) is 2. The molecule has 1 heterocycles. The molecule has 0 radical (unpaired) electrons. The third-order valence-electron chi connectivity index (χ3n) is 4.78. The first-order valence-corrected chi connectivity index (χ1v) is 11.1. The summed E-state index contributed by atoms with van der Waals surface area (Å²) >= 11 is 1.32. The van der Waals surface area contributed by atoms with Crippen LogP contribution in [0.1, 0.15) is 21.4 Å². The normalized spacial score (nSPS) is 11.4. The lowest BCUT2D eigenvalue weighted by atomic mass is 10.1. The molecule has 4 rings (SSSR count). The number of rotatable bonds is 8. The fourth-order valence-corrected chi connectivity index (χ4v) is 4.24. The van der Waals surface area contributed by atoms with E-state index < -0.39 is 10.2 Å². The van der Waals surface area contributed by atoms with Crippen molar-refractivity contribution in [1.29, 1.82) is 0 Å². The van der Waals surface area contributed by atoms with Gasteiger partial charge in [0.05, 0.1) is 11.2 Å². The van der Waals surface area contributed by atoms with Gasteiger partial charge in [0.1, 0.15) is 5.25 Å². The number of thioether (sulfide) groups is 1. The highest BCUT2D eigenvalue weighted by Crippen LogP contribution is 2.37. The monoisotopic (exact) mass is 473 g/mol. The van der Waals surface area contributed by atoms with E-state index in [-0.39, 0.29) is 23.3 Å². The van der Waals surface area contributed by atoms with Crippen LogP contribution in [0.5, 0.6) is 0 Å². The first kappa shape index (κ1) is 22.8. The number of nitrogens with zero attached hydrogens (tertiary/aromatic N) is 1. The van der Waals surface area contributed by atoms with Crippen LogP contribution in [0.25, 0.3) is 0 Å². The van der Waals surface area contributed by atoms with Crippen molar-refractivity contribution in [3.05, 3.63) is 119 Å². The number of furan rings is 1. The number of hydrogen-bond donors (Lipinski definition) is 2. The van der Waals surface area contributed by atoms with Gasteiger partial charge in [0.25, 0.3) is 11.6 Å². The van der Waals surface area contributed by atoms with Crippen LogP contribution >= 0.6 is 11.8 Å². The maximum absolute atomic E-state index is 13.2. The van der Waals surface area contributed by atoms with Gasteiger partial charge in [0.15, 0.2) is 5.76 Å². The summed E-state index contributed by atoms with van der Waals surface area (Å²) in [6, 6.07) is 25.3. The molecule has 0 saturated carbocycles. The van der Waals surface area contributed by atoms with Gasteiger partial charge >= 0.3 is 0 Å². The van der Waals surface area contributed by atoms with E-state index in [2.05, 4.69) is 10.6 Å². The zero-order chi connectivity index (χ0) is 23.9. The molecule has 8 nitrogen and oxygen atoms in total. The summed E-state index contributed by atoms with van der Waals surface area (Å²) in [6.07, 6.45) is 1.43. The Morgan fingerprint density at radius 1 is 0.853 bits per heavy atom. The van der Waals surface area contributed by atoms with Gasteiger partial charge in [0.2, 0.25) is 5.91 Å². The van der Waals surface area contributed by atoms with Crippen molar-refractivity contribution < 1.29 is 18.9 Å². The van der Waals surface area contributed by atoms with Gasteiger partial charge in [-0.1, -0.05) is 36.4 Å². The molecule has 0 spiro atoms. The number of amides is 2. The highest BCUT2D eigenvalue weighted by Gasteiger charge is 2.23. The molecule has 0 aliphatic heterocycles. The molecule has 4 aromatic rings. The molecule has 0 bridgehead atoms. The summed E-state index contributed by atoms with van der Waals surface area (Å²) in [4.78, 5) is 36.6. The van der Waals surface area contributed by atoms with E-state index in [1.54, 1.807) is 30.3 Å².